The van der Waals surface area contributed by atoms with Gasteiger partial charge in [-0.2, -0.15) is 0 Å². The summed E-state index contributed by atoms with van der Waals surface area (Å²) in [4.78, 5) is 12.0. The van der Waals surface area contributed by atoms with E-state index in [2.05, 4.69) is 10.6 Å². The summed E-state index contributed by atoms with van der Waals surface area (Å²) in [6, 6.07) is 4.67. The summed E-state index contributed by atoms with van der Waals surface area (Å²) in [6.07, 6.45) is 3.33. The van der Waals surface area contributed by atoms with Crippen molar-refractivity contribution in [2.24, 2.45) is 5.41 Å². The van der Waals surface area contributed by atoms with Crippen molar-refractivity contribution in [3.05, 3.63) is 34.6 Å². The highest BCUT2D eigenvalue weighted by molar-refractivity contribution is 6.30. The van der Waals surface area contributed by atoms with Gasteiger partial charge in [-0.15, -0.1) is 0 Å². The zero-order valence-corrected chi connectivity index (χ0v) is 11.3. The van der Waals surface area contributed by atoms with Crippen molar-refractivity contribution in [3.63, 3.8) is 0 Å². The van der Waals surface area contributed by atoms with Gasteiger partial charge in [-0.25, -0.2) is 4.39 Å². The molecule has 5 heteroatoms. The number of hydrogen-bond acceptors (Lipinski definition) is 2. The molecule has 19 heavy (non-hydrogen) atoms. The average molecular weight is 283 g/mol. The number of benzene rings is 1. The van der Waals surface area contributed by atoms with E-state index in [0.717, 1.165) is 13.0 Å². The highest BCUT2D eigenvalue weighted by Gasteiger charge is 2.49. The summed E-state index contributed by atoms with van der Waals surface area (Å²) in [7, 11) is 0. The first-order valence-electron chi connectivity index (χ1n) is 6.54. The Hall–Kier alpha value is -1.13. The molecule has 1 spiro atoms. The van der Waals surface area contributed by atoms with Crippen LogP contribution in [-0.2, 0) is 11.3 Å². The maximum Gasteiger partial charge on any atom is 0.237 e. The van der Waals surface area contributed by atoms with Crippen LogP contribution >= 0.6 is 11.6 Å². The van der Waals surface area contributed by atoms with Crippen molar-refractivity contribution >= 4 is 17.5 Å². The van der Waals surface area contributed by atoms with Gasteiger partial charge in [0.25, 0.3) is 0 Å². The van der Waals surface area contributed by atoms with E-state index in [1.807, 2.05) is 0 Å². The number of hydrogen-bond donors (Lipinski definition) is 2. The lowest BCUT2D eigenvalue weighted by Crippen LogP contribution is -2.40. The summed E-state index contributed by atoms with van der Waals surface area (Å²) >= 11 is 5.70. The molecule has 1 atom stereocenters. The molecule has 1 unspecified atom stereocenters. The van der Waals surface area contributed by atoms with Crippen molar-refractivity contribution in [3.8, 4) is 0 Å². The fourth-order valence-corrected chi connectivity index (χ4v) is 2.84. The first-order chi connectivity index (χ1) is 9.10. The van der Waals surface area contributed by atoms with E-state index in [-0.39, 0.29) is 23.5 Å². The van der Waals surface area contributed by atoms with E-state index in [1.165, 1.54) is 18.9 Å². The summed E-state index contributed by atoms with van der Waals surface area (Å²) in [5.41, 5.74) is 0.795. The van der Waals surface area contributed by atoms with Gasteiger partial charge in [0.15, 0.2) is 0 Å². The lowest BCUT2D eigenvalue weighted by Gasteiger charge is -2.12. The number of carbonyl (C=O) groups excluding carboxylic acids is 1. The third-order valence-corrected chi connectivity index (χ3v) is 4.41. The predicted octanol–water partition coefficient (Wildman–Crippen LogP) is 2.24. The molecule has 1 aromatic rings. The normalized spacial score (nSPS) is 23.6. The Morgan fingerprint density at radius 1 is 1.53 bits per heavy atom. The Kier molecular flexibility index (Phi) is 3.23. The first-order valence-corrected chi connectivity index (χ1v) is 6.91. The number of nitrogens with one attached hydrogen (secondary N) is 2. The van der Waals surface area contributed by atoms with Crippen LogP contribution in [-0.4, -0.2) is 18.5 Å². The Morgan fingerprint density at radius 2 is 2.32 bits per heavy atom. The maximum atomic E-state index is 13.7. The Labute approximate surface area is 116 Å². The van der Waals surface area contributed by atoms with Crippen LogP contribution in [0.25, 0.3) is 0 Å². The number of amides is 1. The molecule has 1 aliphatic carbocycles. The second kappa shape index (κ2) is 4.76. The van der Waals surface area contributed by atoms with Crippen LogP contribution in [0.3, 0.4) is 0 Å². The van der Waals surface area contributed by atoms with Crippen molar-refractivity contribution in [1.82, 2.24) is 10.6 Å². The molecule has 1 amide bonds. The summed E-state index contributed by atoms with van der Waals surface area (Å²) in [6.45, 7) is 1.10. The van der Waals surface area contributed by atoms with Crippen LogP contribution in [0.5, 0.6) is 0 Å². The molecule has 1 aliphatic heterocycles. The fraction of sp³-hybridized carbons (Fsp3) is 0.500. The largest absolute Gasteiger partial charge is 0.351 e. The summed E-state index contributed by atoms with van der Waals surface area (Å²) < 4.78 is 13.7. The lowest BCUT2D eigenvalue weighted by molar-refractivity contribution is -0.123. The zero-order chi connectivity index (χ0) is 13.5. The molecule has 2 N–H and O–H groups in total. The van der Waals surface area contributed by atoms with Gasteiger partial charge >= 0.3 is 0 Å². The van der Waals surface area contributed by atoms with Crippen LogP contribution in [0.1, 0.15) is 24.8 Å². The fourth-order valence-electron chi connectivity index (χ4n) is 2.65. The van der Waals surface area contributed by atoms with Gasteiger partial charge in [-0.05, 0) is 30.7 Å². The van der Waals surface area contributed by atoms with Gasteiger partial charge in [-0.3, -0.25) is 4.79 Å². The van der Waals surface area contributed by atoms with E-state index in [1.54, 1.807) is 12.1 Å². The molecule has 102 valence electrons. The Bertz CT molecular complexity index is 516. The van der Waals surface area contributed by atoms with E-state index >= 15 is 0 Å². The standard InChI is InChI=1S/C14H16ClFN2O/c15-10-3-1-2-9(12(10)16)7-17-13(19)11-6-14(4-5-14)8-18-11/h1-3,11,18H,4-8H2,(H,17,19). The third kappa shape index (κ3) is 2.60. The molecule has 3 rings (SSSR count). The molecule has 2 fully saturated rings. The highest BCUT2D eigenvalue weighted by Crippen LogP contribution is 2.51. The van der Waals surface area contributed by atoms with Crippen molar-refractivity contribution in [1.29, 1.82) is 0 Å². The molecular formula is C14H16ClFN2O. The number of rotatable bonds is 3. The van der Waals surface area contributed by atoms with Crippen LogP contribution in [0.15, 0.2) is 18.2 Å². The molecule has 1 saturated heterocycles. The minimum absolute atomic E-state index is 0.0526. The van der Waals surface area contributed by atoms with Gasteiger partial charge in [0.2, 0.25) is 5.91 Å². The predicted molar refractivity (Wildman–Crippen MR) is 71.3 cm³/mol. The van der Waals surface area contributed by atoms with E-state index < -0.39 is 5.82 Å². The molecule has 2 aliphatic rings. The molecule has 0 radical (unpaired) electrons. The van der Waals surface area contributed by atoms with Crippen LogP contribution < -0.4 is 10.6 Å². The Balaban J connectivity index is 1.57. The van der Waals surface area contributed by atoms with Gasteiger partial charge in [0.05, 0.1) is 11.1 Å². The molecule has 0 bridgehead atoms. The van der Waals surface area contributed by atoms with Crippen molar-refractivity contribution in [2.45, 2.75) is 31.8 Å². The third-order valence-electron chi connectivity index (χ3n) is 4.12. The zero-order valence-electron chi connectivity index (χ0n) is 10.5. The second-order valence-corrected chi connectivity index (χ2v) is 5.98. The number of carbonyl (C=O) groups is 1. The topological polar surface area (TPSA) is 41.1 Å². The van der Waals surface area contributed by atoms with Gasteiger partial charge < -0.3 is 10.6 Å². The van der Waals surface area contributed by atoms with Gasteiger partial charge in [0, 0.05) is 18.7 Å². The minimum Gasteiger partial charge on any atom is -0.351 e. The Morgan fingerprint density at radius 3 is 3.00 bits per heavy atom. The average Bonchev–Trinajstić information content (AvgIpc) is 3.01. The van der Waals surface area contributed by atoms with Gasteiger partial charge in [-0.1, -0.05) is 23.7 Å². The molecule has 3 nitrogen and oxygen atoms in total. The van der Waals surface area contributed by atoms with Crippen molar-refractivity contribution in [2.75, 3.05) is 6.54 Å². The first kappa shape index (κ1) is 12.9. The summed E-state index contributed by atoms with van der Waals surface area (Å²) in [5, 5.41) is 6.10. The molecule has 1 saturated carbocycles. The number of halogens is 2. The van der Waals surface area contributed by atoms with Crippen molar-refractivity contribution < 1.29 is 9.18 Å². The second-order valence-electron chi connectivity index (χ2n) is 5.57. The highest BCUT2D eigenvalue weighted by atomic mass is 35.5. The quantitative estimate of drug-likeness (QED) is 0.893. The monoisotopic (exact) mass is 282 g/mol. The van der Waals surface area contributed by atoms with Crippen LogP contribution in [0.4, 0.5) is 4.39 Å². The van der Waals surface area contributed by atoms with E-state index in [4.69, 9.17) is 11.6 Å². The summed E-state index contributed by atoms with van der Waals surface area (Å²) in [5.74, 6) is -0.509. The molecule has 1 aromatic carbocycles. The van der Waals surface area contributed by atoms with E-state index in [0.29, 0.717) is 11.0 Å². The van der Waals surface area contributed by atoms with Gasteiger partial charge in [0.1, 0.15) is 5.82 Å². The molecule has 0 aromatic heterocycles. The minimum atomic E-state index is -0.456. The molecule has 1 heterocycles. The van der Waals surface area contributed by atoms with E-state index in [9.17, 15) is 9.18 Å². The SMILES string of the molecule is O=C(NCc1cccc(Cl)c1F)C1CC2(CC2)CN1. The molecular weight excluding hydrogens is 267 g/mol. The van der Waals surface area contributed by atoms with Crippen LogP contribution in [0, 0.1) is 11.2 Å². The van der Waals surface area contributed by atoms with Crippen LogP contribution in [0.2, 0.25) is 5.02 Å². The lowest BCUT2D eigenvalue weighted by atomic mass is 10.0. The maximum absolute atomic E-state index is 13.7. The smallest absolute Gasteiger partial charge is 0.237 e.